The van der Waals surface area contributed by atoms with Crippen LogP contribution in [-0.2, 0) is 11.2 Å². The maximum atomic E-state index is 12.4. The molecule has 27 heavy (non-hydrogen) atoms. The highest BCUT2D eigenvalue weighted by Crippen LogP contribution is 2.33. The molecule has 1 aromatic heterocycles. The second-order valence-electron chi connectivity index (χ2n) is 7.28. The second-order valence-corrected chi connectivity index (χ2v) is 7.28. The van der Waals surface area contributed by atoms with Crippen LogP contribution in [0.1, 0.15) is 31.2 Å². The molecule has 2 N–H and O–H groups in total. The monoisotopic (exact) mass is 362 g/mol. The van der Waals surface area contributed by atoms with Gasteiger partial charge < -0.3 is 15.0 Å². The molecule has 0 saturated heterocycles. The Morgan fingerprint density at radius 1 is 1.15 bits per heavy atom. The Kier molecular flexibility index (Phi) is 5.14. The molecule has 1 aliphatic carbocycles. The van der Waals surface area contributed by atoms with Crippen molar-refractivity contribution in [3.05, 3.63) is 54.1 Å². The van der Waals surface area contributed by atoms with E-state index in [-0.39, 0.29) is 11.8 Å². The topological polar surface area (TPSA) is 54.1 Å². The molecule has 4 heteroatoms. The lowest BCUT2D eigenvalue weighted by Gasteiger charge is -2.11. The Hall–Kier alpha value is -2.75. The van der Waals surface area contributed by atoms with Crippen LogP contribution in [0.3, 0.4) is 0 Å². The van der Waals surface area contributed by atoms with Crippen LogP contribution in [0.5, 0.6) is 5.75 Å². The highest BCUT2D eigenvalue weighted by molar-refractivity contribution is 5.92. The van der Waals surface area contributed by atoms with Crippen LogP contribution in [-0.4, -0.2) is 24.5 Å². The molecule has 1 fully saturated rings. The third-order valence-corrected chi connectivity index (χ3v) is 5.58. The average Bonchev–Trinajstić information content (AvgIpc) is 3.36. The minimum atomic E-state index is 0.210. The van der Waals surface area contributed by atoms with E-state index in [9.17, 15) is 4.79 Å². The summed E-state index contributed by atoms with van der Waals surface area (Å²) < 4.78 is 5.42. The van der Waals surface area contributed by atoms with Crippen molar-refractivity contribution in [1.82, 2.24) is 10.3 Å². The number of fused-ring (bicyclic) bond motifs is 1. The maximum Gasteiger partial charge on any atom is 0.223 e. The van der Waals surface area contributed by atoms with Crippen LogP contribution in [0.25, 0.3) is 22.2 Å². The smallest absolute Gasteiger partial charge is 0.223 e. The predicted molar refractivity (Wildman–Crippen MR) is 109 cm³/mol. The van der Waals surface area contributed by atoms with Gasteiger partial charge in [-0.2, -0.15) is 0 Å². The molecule has 0 bridgehead atoms. The number of amides is 1. The van der Waals surface area contributed by atoms with Gasteiger partial charge in [-0.3, -0.25) is 4.79 Å². The Bertz CT molecular complexity index is 924. The first kappa shape index (κ1) is 17.7. The van der Waals surface area contributed by atoms with Gasteiger partial charge in [0, 0.05) is 29.1 Å². The van der Waals surface area contributed by atoms with E-state index < -0.39 is 0 Å². The van der Waals surface area contributed by atoms with Crippen LogP contribution in [0.2, 0.25) is 0 Å². The minimum absolute atomic E-state index is 0.210. The maximum absolute atomic E-state index is 12.4. The number of H-pyrrole nitrogens is 1. The summed E-state index contributed by atoms with van der Waals surface area (Å²) in [4.78, 5) is 15.9. The molecule has 0 aliphatic heterocycles. The largest absolute Gasteiger partial charge is 0.497 e. The van der Waals surface area contributed by atoms with Crippen molar-refractivity contribution in [3.8, 4) is 17.0 Å². The van der Waals surface area contributed by atoms with Crippen molar-refractivity contribution < 1.29 is 9.53 Å². The van der Waals surface area contributed by atoms with E-state index in [0.717, 1.165) is 47.2 Å². The van der Waals surface area contributed by atoms with E-state index in [2.05, 4.69) is 34.6 Å². The van der Waals surface area contributed by atoms with Crippen molar-refractivity contribution in [3.63, 3.8) is 0 Å². The molecule has 1 saturated carbocycles. The van der Waals surface area contributed by atoms with Crippen molar-refractivity contribution in [1.29, 1.82) is 0 Å². The predicted octanol–water partition coefficient (Wildman–Crippen LogP) is 4.69. The van der Waals surface area contributed by atoms with Gasteiger partial charge in [-0.15, -0.1) is 0 Å². The Balaban J connectivity index is 1.61. The number of methoxy groups -OCH3 is 1. The molecule has 140 valence electrons. The molecule has 0 unspecified atom stereocenters. The first-order valence-corrected chi connectivity index (χ1v) is 9.78. The molecular weight excluding hydrogens is 336 g/mol. The van der Waals surface area contributed by atoms with E-state index in [1.54, 1.807) is 7.11 Å². The number of benzene rings is 2. The molecule has 1 heterocycles. The van der Waals surface area contributed by atoms with Crippen LogP contribution < -0.4 is 10.1 Å². The van der Waals surface area contributed by atoms with E-state index in [4.69, 9.17) is 4.74 Å². The quantitative estimate of drug-likeness (QED) is 0.668. The molecule has 1 amide bonds. The number of carbonyl (C=O) groups is 1. The number of nitrogens with one attached hydrogen (secondary N) is 2. The highest BCUT2D eigenvalue weighted by atomic mass is 16.5. The molecule has 1 aliphatic rings. The summed E-state index contributed by atoms with van der Waals surface area (Å²) >= 11 is 0. The van der Waals surface area contributed by atoms with E-state index in [1.807, 2.05) is 24.3 Å². The zero-order chi connectivity index (χ0) is 18.6. The van der Waals surface area contributed by atoms with Crippen molar-refractivity contribution in [2.45, 2.75) is 32.1 Å². The molecule has 4 nitrogen and oxygen atoms in total. The molecule has 0 radical (unpaired) electrons. The average molecular weight is 362 g/mol. The van der Waals surface area contributed by atoms with Gasteiger partial charge in [0.05, 0.1) is 7.11 Å². The Morgan fingerprint density at radius 2 is 1.93 bits per heavy atom. The summed E-state index contributed by atoms with van der Waals surface area (Å²) in [5.74, 6) is 1.27. The Labute approximate surface area is 159 Å². The summed E-state index contributed by atoms with van der Waals surface area (Å²) in [7, 11) is 1.69. The van der Waals surface area contributed by atoms with E-state index >= 15 is 0 Å². The van der Waals surface area contributed by atoms with Crippen molar-refractivity contribution >= 4 is 16.8 Å². The first-order valence-electron chi connectivity index (χ1n) is 9.78. The third-order valence-electron chi connectivity index (χ3n) is 5.58. The lowest BCUT2D eigenvalue weighted by atomic mass is 10.0. The molecule has 3 aromatic rings. The highest BCUT2D eigenvalue weighted by Gasteiger charge is 2.22. The lowest BCUT2D eigenvalue weighted by molar-refractivity contribution is -0.124. The molecule has 0 atom stereocenters. The zero-order valence-corrected chi connectivity index (χ0v) is 15.8. The SMILES string of the molecule is COc1ccc2[nH]c(-c3ccccc3)c(CCNC(=O)C3CCCC3)c2c1. The van der Waals surface area contributed by atoms with Gasteiger partial charge in [0.2, 0.25) is 5.91 Å². The van der Waals surface area contributed by atoms with E-state index in [1.165, 1.54) is 18.4 Å². The number of hydrogen-bond donors (Lipinski definition) is 2. The summed E-state index contributed by atoms with van der Waals surface area (Å²) in [6.45, 7) is 0.652. The number of aromatic amines is 1. The van der Waals surface area contributed by atoms with Crippen LogP contribution >= 0.6 is 0 Å². The van der Waals surface area contributed by atoms with Gasteiger partial charge in [-0.1, -0.05) is 43.2 Å². The fourth-order valence-corrected chi connectivity index (χ4v) is 4.11. The fourth-order valence-electron chi connectivity index (χ4n) is 4.11. The standard InChI is InChI=1S/C23H26N2O2/c1-27-18-11-12-21-20(15-18)19(22(25-21)16-7-3-2-4-8-16)13-14-24-23(26)17-9-5-6-10-17/h2-4,7-8,11-12,15,17,25H,5-6,9-10,13-14H2,1H3,(H,24,26). The summed E-state index contributed by atoms with van der Waals surface area (Å²) in [6.07, 6.45) is 5.21. The summed E-state index contributed by atoms with van der Waals surface area (Å²) in [5, 5.41) is 4.31. The second kappa shape index (κ2) is 7.87. The lowest BCUT2D eigenvalue weighted by Crippen LogP contribution is -2.31. The molecular formula is C23H26N2O2. The third kappa shape index (κ3) is 3.70. The van der Waals surface area contributed by atoms with Gasteiger partial charge in [0.15, 0.2) is 0 Å². The van der Waals surface area contributed by atoms with Gasteiger partial charge in [0.1, 0.15) is 5.75 Å². The van der Waals surface area contributed by atoms with Crippen LogP contribution in [0.15, 0.2) is 48.5 Å². The number of aromatic nitrogens is 1. The van der Waals surface area contributed by atoms with Gasteiger partial charge in [0.25, 0.3) is 0 Å². The van der Waals surface area contributed by atoms with Gasteiger partial charge in [-0.05, 0) is 48.6 Å². The summed E-state index contributed by atoms with van der Waals surface area (Å²) in [6, 6.07) is 16.5. The minimum Gasteiger partial charge on any atom is -0.497 e. The number of ether oxygens (including phenoxy) is 1. The number of rotatable bonds is 6. The van der Waals surface area contributed by atoms with Gasteiger partial charge in [-0.25, -0.2) is 0 Å². The first-order chi connectivity index (χ1) is 13.3. The molecule has 2 aromatic carbocycles. The van der Waals surface area contributed by atoms with E-state index in [0.29, 0.717) is 6.54 Å². The van der Waals surface area contributed by atoms with Crippen molar-refractivity contribution in [2.75, 3.05) is 13.7 Å². The molecule has 4 rings (SSSR count). The molecule has 0 spiro atoms. The Morgan fingerprint density at radius 3 is 2.67 bits per heavy atom. The van der Waals surface area contributed by atoms with Crippen LogP contribution in [0, 0.1) is 5.92 Å². The van der Waals surface area contributed by atoms with Crippen molar-refractivity contribution in [2.24, 2.45) is 5.92 Å². The fraction of sp³-hybridized carbons (Fsp3) is 0.348. The normalized spacial score (nSPS) is 14.6. The summed E-state index contributed by atoms with van der Waals surface area (Å²) in [5.41, 5.74) is 4.59. The zero-order valence-electron chi connectivity index (χ0n) is 15.8. The number of hydrogen-bond acceptors (Lipinski definition) is 2. The van der Waals surface area contributed by atoms with Crippen LogP contribution in [0.4, 0.5) is 0 Å². The van der Waals surface area contributed by atoms with Gasteiger partial charge >= 0.3 is 0 Å². The number of carbonyl (C=O) groups excluding carboxylic acids is 1.